The highest BCUT2D eigenvalue weighted by Crippen LogP contribution is 2.39. The first-order valence-corrected chi connectivity index (χ1v) is 7.10. The topological polar surface area (TPSA) is 86.0 Å². The number of amidine groups is 1. The average Bonchev–Trinajstić information content (AvgIpc) is 2.54. The van der Waals surface area contributed by atoms with E-state index in [-0.39, 0.29) is 10.9 Å². The molecule has 0 aromatic heterocycles. The van der Waals surface area contributed by atoms with E-state index in [1.54, 1.807) is 0 Å². The zero-order valence-corrected chi connectivity index (χ0v) is 12.3. The summed E-state index contributed by atoms with van der Waals surface area (Å²) in [6, 6.07) is 17.9. The van der Waals surface area contributed by atoms with Crippen LogP contribution in [0.15, 0.2) is 58.1 Å². The van der Waals surface area contributed by atoms with Crippen molar-refractivity contribution in [2.24, 2.45) is 16.6 Å². The number of fused-ring (bicyclic) bond motifs is 1. The van der Waals surface area contributed by atoms with Crippen molar-refractivity contribution in [3.8, 4) is 12.1 Å². The van der Waals surface area contributed by atoms with Gasteiger partial charge in [-0.15, -0.1) is 0 Å². The summed E-state index contributed by atoms with van der Waals surface area (Å²) in [5, 5.41) is 21.2. The molecule has 0 bridgehead atoms. The van der Waals surface area contributed by atoms with Gasteiger partial charge in [0.25, 0.3) is 0 Å². The Bertz CT molecular complexity index is 894. The van der Waals surface area contributed by atoms with Crippen molar-refractivity contribution in [2.45, 2.75) is 5.92 Å². The summed E-state index contributed by atoms with van der Waals surface area (Å²) in [4.78, 5) is 3.99. The fraction of sp³-hybridized carbons (Fsp3) is 0.118. The minimum atomic E-state index is -0.688. The van der Waals surface area contributed by atoms with Gasteiger partial charge in [-0.3, -0.25) is 4.99 Å². The number of aliphatic imine (C=N–C) groups is 1. The van der Waals surface area contributed by atoms with Crippen LogP contribution >= 0.6 is 0 Å². The molecule has 2 aromatic rings. The third-order valence-corrected chi connectivity index (χ3v) is 4.15. The standard InChI is InChI=1S/C17H12N4S/c18-8-13-15(14(9-19)17(22)21-16(13)20)12-7-3-5-10-4-1-2-6-11(10)12/h1-7,13,15,22H,(H2,20,21)/p-1/t13?,15-/m1/s1. The van der Waals surface area contributed by atoms with Gasteiger partial charge >= 0.3 is 0 Å². The summed E-state index contributed by atoms with van der Waals surface area (Å²) in [6.07, 6.45) is 0. The van der Waals surface area contributed by atoms with Crippen molar-refractivity contribution in [1.29, 1.82) is 10.5 Å². The highest BCUT2D eigenvalue weighted by Gasteiger charge is 2.33. The molecule has 0 fully saturated rings. The van der Waals surface area contributed by atoms with Gasteiger partial charge in [0.15, 0.2) is 0 Å². The molecular formula is C17H11N4S-. The predicted octanol–water partition coefficient (Wildman–Crippen LogP) is 2.72. The smallest absolute Gasteiger partial charge is 0.115 e. The number of nitriles is 2. The Morgan fingerprint density at radius 3 is 2.55 bits per heavy atom. The third kappa shape index (κ3) is 2.09. The quantitative estimate of drug-likeness (QED) is 0.821. The molecule has 1 aliphatic rings. The molecule has 2 aromatic carbocycles. The van der Waals surface area contributed by atoms with E-state index >= 15 is 0 Å². The SMILES string of the molecule is N#CC1=C([S-])N=C(N)C(C#N)[C@H]1c1cccc2ccccc12. The summed E-state index contributed by atoms with van der Waals surface area (Å²) in [5.74, 6) is -0.998. The highest BCUT2D eigenvalue weighted by molar-refractivity contribution is 7.63. The van der Waals surface area contributed by atoms with Crippen LogP contribution in [0.25, 0.3) is 10.8 Å². The molecule has 0 amide bonds. The van der Waals surface area contributed by atoms with Crippen LogP contribution in [-0.4, -0.2) is 5.84 Å². The first-order valence-electron chi connectivity index (χ1n) is 6.70. The number of hydrogen-bond donors (Lipinski definition) is 1. The van der Waals surface area contributed by atoms with E-state index in [1.807, 2.05) is 42.5 Å². The molecule has 106 valence electrons. The van der Waals surface area contributed by atoms with Gasteiger partial charge in [-0.2, -0.15) is 10.5 Å². The Hall–Kier alpha value is -2.89. The van der Waals surface area contributed by atoms with Crippen LogP contribution in [-0.2, 0) is 12.6 Å². The van der Waals surface area contributed by atoms with E-state index in [0.29, 0.717) is 5.57 Å². The molecule has 22 heavy (non-hydrogen) atoms. The van der Waals surface area contributed by atoms with E-state index in [4.69, 9.17) is 18.4 Å². The van der Waals surface area contributed by atoms with Crippen LogP contribution in [0, 0.1) is 28.6 Å². The van der Waals surface area contributed by atoms with Gasteiger partial charge in [0.05, 0.1) is 12.1 Å². The molecule has 3 rings (SSSR count). The number of nitrogens with zero attached hydrogens (tertiary/aromatic N) is 3. The number of hydrogen-bond acceptors (Lipinski definition) is 5. The lowest BCUT2D eigenvalue weighted by Crippen LogP contribution is -2.32. The van der Waals surface area contributed by atoms with Crippen LogP contribution in [0.3, 0.4) is 0 Å². The van der Waals surface area contributed by atoms with Gasteiger partial charge in [-0.25, -0.2) is 0 Å². The van der Waals surface area contributed by atoms with Crippen LogP contribution in [0.1, 0.15) is 11.5 Å². The first kappa shape index (κ1) is 14.1. The van der Waals surface area contributed by atoms with E-state index in [1.165, 1.54) is 0 Å². The summed E-state index contributed by atoms with van der Waals surface area (Å²) >= 11 is 5.17. The molecule has 1 heterocycles. The van der Waals surface area contributed by atoms with Gasteiger partial charge in [0.2, 0.25) is 0 Å². The molecule has 4 nitrogen and oxygen atoms in total. The molecule has 0 saturated heterocycles. The molecule has 1 unspecified atom stereocenters. The average molecular weight is 303 g/mol. The number of rotatable bonds is 1. The van der Waals surface area contributed by atoms with Gasteiger partial charge < -0.3 is 18.4 Å². The molecule has 0 saturated carbocycles. The molecule has 5 heteroatoms. The third-order valence-electron chi connectivity index (χ3n) is 3.84. The van der Waals surface area contributed by atoms with Crippen LogP contribution in [0.5, 0.6) is 0 Å². The minimum Gasteiger partial charge on any atom is -0.759 e. The number of benzene rings is 2. The van der Waals surface area contributed by atoms with Gasteiger partial charge in [0, 0.05) is 11.5 Å². The summed E-state index contributed by atoms with van der Waals surface area (Å²) in [6.45, 7) is 0. The predicted molar refractivity (Wildman–Crippen MR) is 87.4 cm³/mol. The van der Waals surface area contributed by atoms with Crippen LogP contribution in [0.4, 0.5) is 0 Å². The Kier molecular flexibility index (Phi) is 3.50. The van der Waals surface area contributed by atoms with Crippen molar-refractivity contribution < 1.29 is 0 Å². The molecule has 0 aliphatic carbocycles. The second kappa shape index (κ2) is 5.48. The second-order valence-corrected chi connectivity index (χ2v) is 5.41. The number of nitrogens with two attached hydrogens (primary N) is 1. The summed E-state index contributed by atoms with van der Waals surface area (Å²) < 4.78 is 0. The van der Waals surface area contributed by atoms with E-state index in [0.717, 1.165) is 16.3 Å². The van der Waals surface area contributed by atoms with Crippen molar-refractivity contribution in [1.82, 2.24) is 0 Å². The van der Waals surface area contributed by atoms with Gasteiger partial charge in [0.1, 0.15) is 11.8 Å². The lowest BCUT2D eigenvalue weighted by Gasteiger charge is -2.30. The number of allylic oxidation sites excluding steroid dienone is 1. The molecular weight excluding hydrogens is 292 g/mol. The van der Waals surface area contributed by atoms with Crippen LogP contribution < -0.4 is 5.73 Å². The largest absolute Gasteiger partial charge is 0.759 e. The van der Waals surface area contributed by atoms with Crippen molar-refractivity contribution in [3.63, 3.8) is 0 Å². The molecule has 0 spiro atoms. The van der Waals surface area contributed by atoms with Gasteiger partial charge in [-0.1, -0.05) is 47.5 Å². The second-order valence-electron chi connectivity index (χ2n) is 5.02. The first-order chi connectivity index (χ1) is 10.7. The van der Waals surface area contributed by atoms with E-state index in [2.05, 4.69) is 17.1 Å². The molecule has 2 N–H and O–H groups in total. The van der Waals surface area contributed by atoms with Crippen LogP contribution in [0.2, 0.25) is 0 Å². The van der Waals surface area contributed by atoms with Crippen molar-refractivity contribution in [2.75, 3.05) is 0 Å². The van der Waals surface area contributed by atoms with Crippen molar-refractivity contribution >= 4 is 29.2 Å². The summed E-state index contributed by atoms with van der Waals surface area (Å²) in [7, 11) is 0. The lowest BCUT2D eigenvalue weighted by atomic mass is 9.78. The fourth-order valence-corrected chi connectivity index (χ4v) is 3.11. The maximum Gasteiger partial charge on any atom is 0.115 e. The fourth-order valence-electron chi connectivity index (χ4n) is 2.83. The highest BCUT2D eigenvalue weighted by atomic mass is 32.1. The maximum absolute atomic E-state index is 9.49. The Labute approximate surface area is 133 Å². The summed E-state index contributed by atoms with van der Waals surface area (Å²) in [5.41, 5.74) is 7.09. The van der Waals surface area contributed by atoms with E-state index in [9.17, 15) is 10.5 Å². The maximum atomic E-state index is 9.49. The minimum absolute atomic E-state index is 0.171. The van der Waals surface area contributed by atoms with Gasteiger partial charge in [-0.05, 0) is 16.3 Å². The Balaban J connectivity index is 2.30. The Morgan fingerprint density at radius 1 is 1.09 bits per heavy atom. The normalized spacial score (nSPS) is 21.1. The zero-order chi connectivity index (χ0) is 15.7. The van der Waals surface area contributed by atoms with Crippen molar-refractivity contribution in [3.05, 3.63) is 58.6 Å². The lowest BCUT2D eigenvalue weighted by molar-refractivity contribution is 0.714. The van der Waals surface area contributed by atoms with E-state index < -0.39 is 11.8 Å². The zero-order valence-electron chi connectivity index (χ0n) is 11.5. The molecule has 1 aliphatic heterocycles. The Morgan fingerprint density at radius 2 is 1.82 bits per heavy atom. The molecule has 0 radical (unpaired) electrons. The monoisotopic (exact) mass is 303 g/mol. The molecule has 2 atom stereocenters.